The third kappa shape index (κ3) is 3.93. The fraction of sp³-hybridized carbons (Fsp3) is 0.292. The molecule has 1 saturated heterocycles. The lowest BCUT2D eigenvalue weighted by atomic mass is 9.89. The van der Waals surface area contributed by atoms with Gasteiger partial charge in [0.25, 0.3) is 0 Å². The number of hydrogen-bond donors (Lipinski definition) is 1. The number of ether oxygens (including phenoxy) is 1. The topological polar surface area (TPSA) is 51.4 Å². The molecule has 2 aromatic carbocycles. The van der Waals surface area contributed by atoms with E-state index in [4.69, 9.17) is 10.5 Å². The molecule has 0 amide bonds. The quantitative estimate of drug-likeness (QED) is 0.711. The summed E-state index contributed by atoms with van der Waals surface area (Å²) in [7, 11) is 1.74. The summed E-state index contributed by atoms with van der Waals surface area (Å²) >= 11 is 0. The van der Waals surface area contributed by atoms with E-state index >= 15 is 0 Å². The van der Waals surface area contributed by atoms with Gasteiger partial charge in [0.2, 0.25) is 0 Å². The number of benzene rings is 2. The molecule has 3 aromatic rings. The number of pyridine rings is 1. The van der Waals surface area contributed by atoms with Crippen LogP contribution in [0, 0.1) is 5.92 Å². The maximum Gasteiger partial charge on any atom is 0.123 e. The van der Waals surface area contributed by atoms with Crippen molar-refractivity contribution in [1.82, 2.24) is 9.88 Å². The Kier molecular flexibility index (Phi) is 5.70. The van der Waals surface area contributed by atoms with E-state index in [2.05, 4.69) is 58.4 Å². The highest BCUT2D eigenvalue weighted by molar-refractivity contribution is 5.65. The highest BCUT2D eigenvalue weighted by Gasteiger charge is 2.33. The lowest BCUT2D eigenvalue weighted by Crippen LogP contribution is -2.23. The molecular formula is C24H27N3O. The Morgan fingerprint density at radius 2 is 1.79 bits per heavy atom. The van der Waals surface area contributed by atoms with Crippen molar-refractivity contribution < 1.29 is 4.74 Å². The smallest absolute Gasteiger partial charge is 0.123 e. The lowest BCUT2D eigenvalue weighted by molar-refractivity contribution is 0.308. The van der Waals surface area contributed by atoms with E-state index in [1.807, 2.05) is 24.5 Å². The first-order chi connectivity index (χ1) is 13.8. The highest BCUT2D eigenvalue weighted by Crippen LogP contribution is 2.34. The van der Waals surface area contributed by atoms with Gasteiger partial charge in [-0.1, -0.05) is 36.4 Å². The maximum absolute atomic E-state index is 6.12. The molecule has 28 heavy (non-hydrogen) atoms. The van der Waals surface area contributed by atoms with Gasteiger partial charge in [0.05, 0.1) is 7.11 Å². The van der Waals surface area contributed by atoms with Crippen LogP contribution < -0.4 is 10.5 Å². The molecule has 4 nitrogen and oxygen atoms in total. The van der Waals surface area contributed by atoms with Gasteiger partial charge in [-0.25, -0.2) is 0 Å². The molecule has 0 spiro atoms. The second-order valence-corrected chi connectivity index (χ2v) is 7.47. The van der Waals surface area contributed by atoms with Crippen molar-refractivity contribution in [3.8, 4) is 16.9 Å². The van der Waals surface area contributed by atoms with Gasteiger partial charge < -0.3 is 10.5 Å². The summed E-state index contributed by atoms with van der Waals surface area (Å²) in [5.41, 5.74) is 11.1. The summed E-state index contributed by atoms with van der Waals surface area (Å²) in [6.07, 6.45) is 3.66. The van der Waals surface area contributed by atoms with Crippen molar-refractivity contribution in [2.75, 3.05) is 26.7 Å². The van der Waals surface area contributed by atoms with Crippen LogP contribution in [0.15, 0.2) is 73.1 Å². The highest BCUT2D eigenvalue weighted by atomic mass is 16.5. The number of methoxy groups -OCH3 is 1. The van der Waals surface area contributed by atoms with Crippen molar-refractivity contribution >= 4 is 0 Å². The second kappa shape index (κ2) is 8.55. The normalized spacial score (nSPS) is 19.6. The molecule has 4 rings (SSSR count). The predicted octanol–water partition coefficient (Wildman–Crippen LogP) is 3.93. The van der Waals surface area contributed by atoms with Gasteiger partial charge in [0.1, 0.15) is 5.75 Å². The molecule has 2 atom stereocenters. The fourth-order valence-electron chi connectivity index (χ4n) is 4.27. The monoisotopic (exact) mass is 373 g/mol. The molecular weight excluding hydrogens is 346 g/mol. The molecule has 1 aliphatic heterocycles. The van der Waals surface area contributed by atoms with E-state index in [1.54, 1.807) is 7.11 Å². The number of rotatable bonds is 6. The van der Waals surface area contributed by atoms with Crippen LogP contribution in [0.3, 0.4) is 0 Å². The van der Waals surface area contributed by atoms with Crippen molar-refractivity contribution in [2.24, 2.45) is 11.7 Å². The van der Waals surface area contributed by atoms with E-state index in [0.29, 0.717) is 18.4 Å². The van der Waals surface area contributed by atoms with E-state index < -0.39 is 0 Å². The minimum Gasteiger partial charge on any atom is -0.496 e. The van der Waals surface area contributed by atoms with Crippen LogP contribution in [0.2, 0.25) is 0 Å². The van der Waals surface area contributed by atoms with Crippen molar-refractivity contribution in [2.45, 2.75) is 12.5 Å². The Labute approximate surface area is 167 Å². The molecule has 2 N–H and O–H groups in total. The van der Waals surface area contributed by atoms with Crippen LogP contribution in [0.25, 0.3) is 11.1 Å². The zero-order valence-electron chi connectivity index (χ0n) is 16.3. The number of nitrogens with two attached hydrogens (primary N) is 1. The fourth-order valence-corrected chi connectivity index (χ4v) is 4.27. The van der Waals surface area contributed by atoms with Crippen LogP contribution in [-0.2, 0) is 6.54 Å². The Balaban J connectivity index is 1.57. The van der Waals surface area contributed by atoms with Crippen LogP contribution in [-0.4, -0.2) is 36.6 Å². The zero-order valence-corrected chi connectivity index (χ0v) is 16.3. The molecule has 0 radical (unpaired) electrons. The van der Waals surface area contributed by atoms with Crippen molar-refractivity contribution in [3.63, 3.8) is 0 Å². The third-order valence-corrected chi connectivity index (χ3v) is 5.74. The van der Waals surface area contributed by atoms with Gasteiger partial charge in [0.15, 0.2) is 0 Å². The summed E-state index contributed by atoms with van der Waals surface area (Å²) in [5.74, 6) is 1.91. The van der Waals surface area contributed by atoms with E-state index in [-0.39, 0.29) is 0 Å². The number of aromatic nitrogens is 1. The minimum atomic E-state index is 0.483. The van der Waals surface area contributed by atoms with E-state index in [0.717, 1.165) is 25.4 Å². The molecule has 1 aromatic heterocycles. The third-order valence-electron chi connectivity index (χ3n) is 5.74. The number of likely N-dealkylation sites (tertiary alicyclic amines) is 1. The Bertz CT molecular complexity index is 898. The molecule has 0 bridgehead atoms. The average Bonchev–Trinajstić information content (AvgIpc) is 3.18. The standard InChI is InChI=1S/C24H27N3O/c1-28-24-8-7-20(18-9-11-26-12-10-18)13-21(24)15-27-16-22(14-25)23(17-27)19-5-3-2-4-6-19/h2-13,22-23H,14-17,25H2,1H3/t22-,23+/m1/s1. The van der Waals surface area contributed by atoms with E-state index in [9.17, 15) is 0 Å². The Morgan fingerprint density at radius 1 is 1.00 bits per heavy atom. The molecule has 144 valence electrons. The molecule has 0 unspecified atom stereocenters. The summed E-state index contributed by atoms with van der Waals surface area (Å²) in [6, 6.07) is 21.2. The van der Waals surface area contributed by atoms with Gasteiger partial charge in [-0.2, -0.15) is 0 Å². The zero-order chi connectivity index (χ0) is 19.3. The first-order valence-corrected chi connectivity index (χ1v) is 9.83. The molecule has 4 heteroatoms. The van der Waals surface area contributed by atoms with Gasteiger partial charge in [0, 0.05) is 43.5 Å². The van der Waals surface area contributed by atoms with Crippen LogP contribution in [0.5, 0.6) is 5.75 Å². The molecule has 0 saturated carbocycles. The Hall–Kier alpha value is -2.69. The van der Waals surface area contributed by atoms with Crippen LogP contribution >= 0.6 is 0 Å². The maximum atomic E-state index is 6.12. The SMILES string of the molecule is COc1ccc(-c2ccncc2)cc1CN1C[C@@H](CN)[C@H](c2ccccc2)C1. The molecule has 1 aliphatic rings. The van der Waals surface area contributed by atoms with Crippen molar-refractivity contribution in [3.05, 3.63) is 84.2 Å². The van der Waals surface area contributed by atoms with Crippen molar-refractivity contribution in [1.29, 1.82) is 0 Å². The largest absolute Gasteiger partial charge is 0.496 e. The van der Waals surface area contributed by atoms with Crippen LogP contribution in [0.1, 0.15) is 17.0 Å². The summed E-state index contributed by atoms with van der Waals surface area (Å²) in [6.45, 7) is 3.61. The van der Waals surface area contributed by atoms with Gasteiger partial charge in [-0.05, 0) is 53.4 Å². The lowest BCUT2D eigenvalue weighted by Gasteiger charge is -2.19. The summed E-state index contributed by atoms with van der Waals surface area (Å²) < 4.78 is 5.65. The number of nitrogens with zero attached hydrogens (tertiary/aromatic N) is 2. The minimum absolute atomic E-state index is 0.483. The van der Waals surface area contributed by atoms with Gasteiger partial charge in [-0.15, -0.1) is 0 Å². The Morgan fingerprint density at radius 3 is 2.50 bits per heavy atom. The summed E-state index contributed by atoms with van der Waals surface area (Å²) in [5, 5.41) is 0. The van der Waals surface area contributed by atoms with Gasteiger partial charge in [-0.3, -0.25) is 9.88 Å². The van der Waals surface area contributed by atoms with Gasteiger partial charge >= 0.3 is 0 Å². The van der Waals surface area contributed by atoms with E-state index in [1.165, 1.54) is 22.3 Å². The number of hydrogen-bond acceptors (Lipinski definition) is 4. The van der Waals surface area contributed by atoms with Crippen LogP contribution in [0.4, 0.5) is 0 Å². The first kappa shape index (κ1) is 18.7. The molecule has 0 aliphatic carbocycles. The summed E-state index contributed by atoms with van der Waals surface area (Å²) in [4.78, 5) is 6.62. The predicted molar refractivity (Wildman–Crippen MR) is 113 cm³/mol. The average molecular weight is 374 g/mol. The first-order valence-electron chi connectivity index (χ1n) is 9.83. The molecule has 2 heterocycles. The second-order valence-electron chi connectivity index (χ2n) is 7.47. The molecule has 1 fully saturated rings.